The maximum atomic E-state index is 12.2. The Morgan fingerprint density at radius 1 is 1.52 bits per heavy atom. The van der Waals surface area contributed by atoms with E-state index >= 15 is 0 Å². The Labute approximate surface area is 138 Å². The van der Waals surface area contributed by atoms with Gasteiger partial charge in [-0.3, -0.25) is 4.79 Å². The molecule has 1 aromatic heterocycles. The van der Waals surface area contributed by atoms with Gasteiger partial charge in [-0.05, 0) is 30.6 Å². The molecule has 3 N–H and O–H groups in total. The number of halogens is 3. The highest BCUT2D eigenvalue weighted by Gasteiger charge is 2.31. The number of alkyl halides is 3. The maximum Gasteiger partial charge on any atom is 0.573 e. The minimum Gasteiger partial charge on any atom is -0.406 e. The number of nitrogens with two attached hydrogens (primary N) is 1. The van der Waals surface area contributed by atoms with Gasteiger partial charge in [0, 0.05) is 6.07 Å². The van der Waals surface area contributed by atoms with Crippen LogP contribution in [0.15, 0.2) is 18.2 Å². The van der Waals surface area contributed by atoms with Crippen molar-refractivity contribution in [3.8, 4) is 5.75 Å². The summed E-state index contributed by atoms with van der Waals surface area (Å²) in [4.78, 5) is 16.0. The number of thioether (sulfide) groups is 1. The highest BCUT2D eigenvalue weighted by atomic mass is 32.2. The monoisotopic (exact) mass is 365 g/mol. The number of carbonyl (C=O) groups is 1. The summed E-state index contributed by atoms with van der Waals surface area (Å²) >= 11 is 2.64. The Kier molecular flexibility index (Phi) is 5.71. The molecule has 1 unspecified atom stereocenters. The van der Waals surface area contributed by atoms with E-state index < -0.39 is 12.4 Å². The maximum absolute atomic E-state index is 12.2. The molecule has 0 aliphatic heterocycles. The molecule has 126 valence electrons. The van der Waals surface area contributed by atoms with E-state index in [-0.39, 0.29) is 16.8 Å². The molecule has 0 aliphatic rings. The predicted molar refractivity (Wildman–Crippen MR) is 85.9 cm³/mol. The Hall–Kier alpha value is -1.52. The molecule has 0 saturated carbocycles. The summed E-state index contributed by atoms with van der Waals surface area (Å²) in [5, 5.41) is 2.86. The lowest BCUT2D eigenvalue weighted by atomic mass is 10.2. The zero-order valence-corrected chi connectivity index (χ0v) is 13.6. The van der Waals surface area contributed by atoms with Gasteiger partial charge in [-0.25, -0.2) is 4.98 Å². The Balaban J connectivity index is 2.09. The van der Waals surface area contributed by atoms with Crippen LogP contribution in [-0.2, 0) is 4.79 Å². The number of nitrogens with zero attached hydrogens (tertiary/aromatic N) is 1. The van der Waals surface area contributed by atoms with Gasteiger partial charge >= 0.3 is 6.36 Å². The van der Waals surface area contributed by atoms with Crippen LogP contribution in [0, 0.1) is 0 Å². The van der Waals surface area contributed by atoms with E-state index in [1.165, 1.54) is 18.2 Å². The van der Waals surface area contributed by atoms with Crippen molar-refractivity contribution in [1.29, 1.82) is 0 Å². The second-order valence-electron chi connectivity index (χ2n) is 4.57. The average Bonchev–Trinajstić information content (AvgIpc) is 2.84. The number of ether oxygens (including phenoxy) is 1. The molecule has 0 fully saturated rings. The van der Waals surface area contributed by atoms with Gasteiger partial charge in [-0.15, -0.1) is 13.2 Å². The quantitative estimate of drug-likeness (QED) is 0.822. The van der Waals surface area contributed by atoms with Crippen LogP contribution in [0.25, 0.3) is 10.2 Å². The number of benzene rings is 1. The van der Waals surface area contributed by atoms with E-state index in [4.69, 9.17) is 5.73 Å². The summed E-state index contributed by atoms with van der Waals surface area (Å²) in [6, 6.07) is 3.14. The lowest BCUT2D eigenvalue weighted by Gasteiger charge is -2.09. The molecule has 0 radical (unpaired) electrons. The second kappa shape index (κ2) is 7.37. The molecular weight excluding hydrogens is 351 g/mol. The Morgan fingerprint density at radius 2 is 2.26 bits per heavy atom. The van der Waals surface area contributed by atoms with E-state index in [2.05, 4.69) is 15.0 Å². The van der Waals surface area contributed by atoms with Crippen LogP contribution in [0.5, 0.6) is 5.75 Å². The van der Waals surface area contributed by atoms with Crippen molar-refractivity contribution in [2.75, 3.05) is 17.3 Å². The first-order valence-electron chi connectivity index (χ1n) is 6.50. The van der Waals surface area contributed by atoms with Gasteiger partial charge in [0.2, 0.25) is 5.91 Å². The first kappa shape index (κ1) is 17.8. The van der Waals surface area contributed by atoms with Crippen molar-refractivity contribution in [3.63, 3.8) is 0 Å². The normalized spacial score (nSPS) is 13.1. The molecule has 10 heteroatoms. The highest BCUT2D eigenvalue weighted by Crippen LogP contribution is 2.31. The largest absolute Gasteiger partial charge is 0.573 e. The summed E-state index contributed by atoms with van der Waals surface area (Å²) in [5.74, 6) is 0.0557. The van der Waals surface area contributed by atoms with Crippen LogP contribution in [0.2, 0.25) is 0 Å². The number of nitrogens with one attached hydrogen (secondary N) is 1. The van der Waals surface area contributed by atoms with Crippen LogP contribution in [0.4, 0.5) is 18.3 Å². The number of fused-ring (bicyclic) bond motifs is 1. The third kappa shape index (κ3) is 5.26. The smallest absolute Gasteiger partial charge is 0.406 e. The molecule has 0 bridgehead atoms. The first-order chi connectivity index (χ1) is 10.8. The summed E-state index contributed by atoms with van der Waals surface area (Å²) in [5.41, 5.74) is 6.22. The van der Waals surface area contributed by atoms with Crippen molar-refractivity contribution >= 4 is 44.4 Å². The molecule has 0 spiro atoms. The van der Waals surface area contributed by atoms with Crippen molar-refractivity contribution < 1.29 is 22.7 Å². The van der Waals surface area contributed by atoms with Crippen LogP contribution >= 0.6 is 23.1 Å². The molecule has 1 heterocycles. The summed E-state index contributed by atoms with van der Waals surface area (Å²) in [6.45, 7) is 0. The fourth-order valence-corrected chi connectivity index (χ4v) is 3.12. The third-order valence-electron chi connectivity index (χ3n) is 2.79. The molecule has 5 nitrogen and oxygen atoms in total. The molecule has 0 saturated heterocycles. The average molecular weight is 365 g/mol. The molecule has 1 atom stereocenters. The molecule has 0 aliphatic carbocycles. The zero-order valence-electron chi connectivity index (χ0n) is 12.0. The SMILES string of the molecule is CSCCC(N)C(=O)Nc1nc2ccc(OC(F)(F)F)cc2s1. The van der Waals surface area contributed by atoms with Gasteiger partial charge in [0.25, 0.3) is 0 Å². The minimum atomic E-state index is -4.75. The van der Waals surface area contributed by atoms with Crippen LogP contribution in [0.3, 0.4) is 0 Å². The van der Waals surface area contributed by atoms with Crippen LogP contribution in [0.1, 0.15) is 6.42 Å². The van der Waals surface area contributed by atoms with E-state index in [0.717, 1.165) is 17.1 Å². The number of hydrogen-bond donors (Lipinski definition) is 2. The number of anilines is 1. The molecule has 1 amide bonds. The Bertz CT molecular complexity index is 691. The topological polar surface area (TPSA) is 77.2 Å². The van der Waals surface area contributed by atoms with Crippen molar-refractivity contribution in [3.05, 3.63) is 18.2 Å². The van der Waals surface area contributed by atoms with Gasteiger partial charge in [-0.1, -0.05) is 11.3 Å². The Morgan fingerprint density at radius 3 is 2.91 bits per heavy atom. The summed E-state index contributed by atoms with van der Waals surface area (Å²) < 4.78 is 40.9. The number of hydrogen-bond acceptors (Lipinski definition) is 6. The van der Waals surface area contributed by atoms with E-state index in [9.17, 15) is 18.0 Å². The number of aromatic nitrogens is 1. The van der Waals surface area contributed by atoms with Gasteiger partial charge in [0.15, 0.2) is 5.13 Å². The van der Waals surface area contributed by atoms with Gasteiger partial charge in [0.05, 0.1) is 16.3 Å². The van der Waals surface area contributed by atoms with Crippen LogP contribution in [-0.4, -0.2) is 35.3 Å². The van der Waals surface area contributed by atoms with Crippen molar-refractivity contribution in [2.24, 2.45) is 5.73 Å². The van der Waals surface area contributed by atoms with Gasteiger partial charge in [0.1, 0.15) is 5.75 Å². The number of thiazole rings is 1. The van der Waals surface area contributed by atoms with Crippen molar-refractivity contribution in [1.82, 2.24) is 4.98 Å². The zero-order chi connectivity index (χ0) is 17.0. The number of amides is 1. The van der Waals surface area contributed by atoms with E-state index in [1.807, 2.05) is 6.26 Å². The lowest BCUT2D eigenvalue weighted by molar-refractivity contribution is -0.274. The summed E-state index contributed by atoms with van der Waals surface area (Å²) in [6.07, 6.45) is -2.31. The third-order valence-corrected chi connectivity index (χ3v) is 4.37. The van der Waals surface area contributed by atoms with E-state index in [0.29, 0.717) is 16.6 Å². The second-order valence-corrected chi connectivity index (χ2v) is 6.59. The number of rotatable bonds is 6. The fraction of sp³-hybridized carbons (Fsp3) is 0.385. The summed E-state index contributed by atoms with van der Waals surface area (Å²) in [7, 11) is 0. The first-order valence-corrected chi connectivity index (χ1v) is 8.71. The number of carbonyl (C=O) groups excluding carboxylic acids is 1. The van der Waals surface area contributed by atoms with Crippen LogP contribution < -0.4 is 15.8 Å². The minimum absolute atomic E-state index is 0.286. The van der Waals surface area contributed by atoms with E-state index in [1.54, 1.807) is 11.8 Å². The molecule has 23 heavy (non-hydrogen) atoms. The lowest BCUT2D eigenvalue weighted by Crippen LogP contribution is -2.36. The molecular formula is C13H14F3N3O2S2. The van der Waals surface area contributed by atoms with Gasteiger partial charge in [-0.2, -0.15) is 11.8 Å². The van der Waals surface area contributed by atoms with Crippen molar-refractivity contribution in [2.45, 2.75) is 18.8 Å². The standard InChI is InChI=1S/C13H14F3N3O2S2/c1-22-5-4-8(17)11(20)19-12-18-9-3-2-7(6-10(9)23-12)21-13(14,15)16/h2-3,6,8H,4-5,17H2,1H3,(H,18,19,20). The molecule has 1 aromatic carbocycles. The van der Waals surface area contributed by atoms with Gasteiger partial charge < -0.3 is 15.8 Å². The molecule has 2 rings (SSSR count). The molecule has 2 aromatic rings. The fourth-order valence-electron chi connectivity index (χ4n) is 1.73. The predicted octanol–water partition coefficient (Wildman–Crippen LogP) is 3.21. The highest BCUT2D eigenvalue weighted by molar-refractivity contribution is 7.98.